The zero-order chi connectivity index (χ0) is 32.2. The molecule has 0 saturated carbocycles. The molecule has 1 aliphatic carbocycles. The average Bonchev–Trinajstić information content (AvgIpc) is 3.90. The molecule has 12 aromatic rings. The van der Waals surface area contributed by atoms with Gasteiger partial charge in [0.2, 0.25) is 0 Å². The second kappa shape index (κ2) is 8.68. The quantitative estimate of drug-likeness (QED) is 0.158. The van der Waals surface area contributed by atoms with E-state index in [-0.39, 0.29) is 0 Å². The van der Waals surface area contributed by atoms with Gasteiger partial charge in [-0.3, -0.25) is 0 Å². The third-order valence-corrected chi connectivity index (χ3v) is 11.7. The highest BCUT2D eigenvalue weighted by Gasteiger charge is 2.29. The molecule has 0 atom stereocenters. The van der Waals surface area contributed by atoms with E-state index in [0.717, 1.165) is 0 Å². The first kappa shape index (κ1) is 25.4. The predicted octanol–water partition coefficient (Wildman–Crippen LogP) is 13.0. The zero-order valence-electron chi connectivity index (χ0n) is 26.9. The summed E-state index contributed by atoms with van der Waals surface area (Å²) in [6, 6.07) is 59.0. The lowest BCUT2D eigenvalue weighted by atomic mass is 9.80. The molecule has 13 rings (SSSR count). The molecule has 4 heterocycles. The molecule has 0 aliphatic heterocycles. The van der Waals surface area contributed by atoms with Gasteiger partial charge in [0.05, 0.1) is 33.1 Å². The van der Waals surface area contributed by atoms with E-state index >= 15 is 0 Å². The largest absolute Gasteiger partial charge is 0.308 e. The molecule has 0 fully saturated rings. The van der Waals surface area contributed by atoms with E-state index < -0.39 is 0 Å². The highest BCUT2D eigenvalue weighted by Crippen LogP contribution is 2.54. The fraction of sp³-hybridized carbons (Fsp3) is 0. The predicted molar refractivity (Wildman–Crippen MR) is 211 cm³/mol. The molecule has 50 heavy (non-hydrogen) atoms. The number of para-hydroxylation sites is 3. The molecule has 8 aromatic carbocycles. The number of hydrogen-bond acceptors (Lipinski definition) is 0. The van der Waals surface area contributed by atoms with Crippen molar-refractivity contribution >= 4 is 76.2 Å². The Hall–Kier alpha value is -6.64. The van der Waals surface area contributed by atoms with Gasteiger partial charge in [-0.1, -0.05) is 140 Å². The van der Waals surface area contributed by atoms with Crippen molar-refractivity contribution in [2.24, 2.45) is 0 Å². The van der Waals surface area contributed by atoms with E-state index in [1.54, 1.807) is 0 Å². The summed E-state index contributed by atoms with van der Waals surface area (Å²) in [5, 5.41) is 10.6. The number of aromatic nitrogens is 2. The molecule has 0 amide bonds. The summed E-state index contributed by atoms with van der Waals surface area (Å²) in [4.78, 5) is 0. The maximum Gasteiger partial charge on any atom is 0.0628 e. The van der Waals surface area contributed by atoms with Crippen molar-refractivity contribution in [3.8, 4) is 44.5 Å². The summed E-state index contributed by atoms with van der Waals surface area (Å²) in [7, 11) is 0. The summed E-state index contributed by atoms with van der Waals surface area (Å²) in [5.41, 5.74) is 17.9. The number of benzene rings is 8. The zero-order valence-corrected chi connectivity index (χ0v) is 26.9. The molecular weight excluding hydrogens is 605 g/mol. The van der Waals surface area contributed by atoms with Gasteiger partial charge < -0.3 is 8.80 Å². The van der Waals surface area contributed by atoms with Crippen molar-refractivity contribution in [1.82, 2.24) is 8.80 Å². The molecule has 0 spiro atoms. The second-order valence-electron chi connectivity index (χ2n) is 14.0. The summed E-state index contributed by atoms with van der Waals surface area (Å²) in [5.74, 6) is 0. The number of hydrogen-bond donors (Lipinski definition) is 0. The van der Waals surface area contributed by atoms with Crippen molar-refractivity contribution in [3.05, 3.63) is 158 Å². The highest BCUT2D eigenvalue weighted by molar-refractivity contribution is 6.38. The Morgan fingerprint density at radius 1 is 0.260 bits per heavy atom. The SMILES string of the molecule is c1ccc2c(c1)-c1ccccc1-c1ccc3c4cc5c(c6cccc7c8ccccc8n5c76)c5c6ccccc6n(c3c1-c1ccccc1-2)c45. The maximum atomic E-state index is 2.60. The van der Waals surface area contributed by atoms with Gasteiger partial charge in [-0.25, -0.2) is 0 Å². The van der Waals surface area contributed by atoms with Crippen LogP contribution in [0, 0.1) is 0 Å². The van der Waals surface area contributed by atoms with E-state index in [9.17, 15) is 0 Å². The highest BCUT2D eigenvalue weighted by atomic mass is 14.9. The van der Waals surface area contributed by atoms with E-state index in [4.69, 9.17) is 0 Å². The molecule has 2 nitrogen and oxygen atoms in total. The topological polar surface area (TPSA) is 8.82 Å². The Labute approximate surface area is 286 Å². The number of rotatable bonds is 0. The number of fused-ring (bicyclic) bond motifs is 22. The van der Waals surface area contributed by atoms with Crippen molar-refractivity contribution in [3.63, 3.8) is 0 Å². The van der Waals surface area contributed by atoms with Crippen LogP contribution in [0.15, 0.2) is 158 Å². The lowest BCUT2D eigenvalue weighted by Gasteiger charge is -2.23. The molecule has 0 saturated heterocycles. The van der Waals surface area contributed by atoms with Crippen LogP contribution in [0.4, 0.5) is 0 Å². The van der Waals surface area contributed by atoms with E-state index in [1.165, 1.54) is 121 Å². The maximum absolute atomic E-state index is 2.60. The van der Waals surface area contributed by atoms with Gasteiger partial charge in [0, 0.05) is 48.7 Å². The fourth-order valence-corrected chi connectivity index (χ4v) is 9.89. The van der Waals surface area contributed by atoms with Gasteiger partial charge in [-0.05, 0) is 57.1 Å². The van der Waals surface area contributed by atoms with E-state index in [1.807, 2.05) is 0 Å². The van der Waals surface area contributed by atoms with Crippen LogP contribution in [0.25, 0.3) is 121 Å². The average molecular weight is 631 g/mol. The van der Waals surface area contributed by atoms with Gasteiger partial charge in [-0.2, -0.15) is 0 Å². The summed E-state index contributed by atoms with van der Waals surface area (Å²) in [6.45, 7) is 0. The minimum atomic E-state index is 1.26. The summed E-state index contributed by atoms with van der Waals surface area (Å²) < 4.78 is 5.14. The molecule has 4 aromatic heterocycles. The van der Waals surface area contributed by atoms with Crippen LogP contribution >= 0.6 is 0 Å². The van der Waals surface area contributed by atoms with Crippen LogP contribution in [-0.2, 0) is 0 Å². The Balaban J connectivity index is 1.32. The first-order valence-corrected chi connectivity index (χ1v) is 17.5. The van der Waals surface area contributed by atoms with Crippen LogP contribution < -0.4 is 0 Å². The molecule has 228 valence electrons. The summed E-state index contributed by atoms with van der Waals surface area (Å²) >= 11 is 0. The van der Waals surface area contributed by atoms with Crippen LogP contribution in [0.3, 0.4) is 0 Å². The monoisotopic (exact) mass is 630 g/mol. The smallest absolute Gasteiger partial charge is 0.0628 e. The van der Waals surface area contributed by atoms with E-state index in [2.05, 4.69) is 167 Å². The van der Waals surface area contributed by atoms with Gasteiger partial charge in [0.25, 0.3) is 0 Å². The third kappa shape index (κ3) is 2.79. The van der Waals surface area contributed by atoms with Crippen LogP contribution in [0.1, 0.15) is 0 Å². The van der Waals surface area contributed by atoms with Crippen molar-refractivity contribution in [2.45, 2.75) is 0 Å². The van der Waals surface area contributed by atoms with Gasteiger partial charge in [-0.15, -0.1) is 0 Å². The van der Waals surface area contributed by atoms with Crippen molar-refractivity contribution < 1.29 is 0 Å². The molecule has 0 bridgehead atoms. The van der Waals surface area contributed by atoms with Gasteiger partial charge in [0.1, 0.15) is 0 Å². The number of nitrogens with zero attached hydrogens (tertiary/aromatic N) is 2. The first-order valence-electron chi connectivity index (χ1n) is 17.5. The van der Waals surface area contributed by atoms with E-state index in [0.29, 0.717) is 0 Å². The summed E-state index contributed by atoms with van der Waals surface area (Å²) in [6.07, 6.45) is 0. The lowest BCUT2D eigenvalue weighted by Crippen LogP contribution is -1.98. The minimum absolute atomic E-state index is 1.26. The molecule has 1 aliphatic rings. The molecule has 0 unspecified atom stereocenters. The Morgan fingerprint density at radius 3 is 1.50 bits per heavy atom. The minimum Gasteiger partial charge on any atom is -0.308 e. The standard InChI is InChI=1S/C48H26N2/c1-2-13-28-27(12-1)29-14-3-4-16-31(29)34-24-25-36-39-26-42-44(38-21-11-20-35-32-17-7-9-22-40(32)49(42)46(35)38)45-37-19-8-10-23-41(37)50(48(39)45)47(36)43(34)33-18-6-5-15-30(28)33/h1-26H. The fourth-order valence-electron chi connectivity index (χ4n) is 9.89. The molecule has 0 radical (unpaired) electrons. The Morgan fingerprint density at radius 2 is 0.780 bits per heavy atom. The van der Waals surface area contributed by atoms with Crippen LogP contribution in [0.5, 0.6) is 0 Å². The van der Waals surface area contributed by atoms with Gasteiger partial charge >= 0.3 is 0 Å². The normalized spacial score (nSPS) is 12.8. The lowest BCUT2D eigenvalue weighted by molar-refractivity contribution is 1.36. The third-order valence-electron chi connectivity index (χ3n) is 11.7. The van der Waals surface area contributed by atoms with Crippen molar-refractivity contribution in [2.75, 3.05) is 0 Å². The van der Waals surface area contributed by atoms with Crippen LogP contribution in [-0.4, -0.2) is 8.80 Å². The second-order valence-corrected chi connectivity index (χ2v) is 14.0. The van der Waals surface area contributed by atoms with Gasteiger partial charge in [0.15, 0.2) is 0 Å². The molecule has 0 N–H and O–H groups in total. The Kier molecular flexibility index (Phi) is 4.41. The van der Waals surface area contributed by atoms with Crippen LogP contribution in [0.2, 0.25) is 0 Å². The first-order chi connectivity index (χ1) is 24.9. The van der Waals surface area contributed by atoms with Crippen molar-refractivity contribution in [1.29, 1.82) is 0 Å². The molecular formula is C48H26N2. The molecule has 2 heteroatoms. The Bertz CT molecular complexity index is 3420.